The first kappa shape index (κ1) is 17.5. The summed E-state index contributed by atoms with van der Waals surface area (Å²) in [6.07, 6.45) is 11.6. The molecule has 1 N–H and O–H groups in total. The average molecular weight is 343 g/mol. The van der Waals surface area contributed by atoms with Gasteiger partial charge in [0.1, 0.15) is 5.60 Å². The molecule has 3 heterocycles. The molecule has 1 saturated heterocycles. The van der Waals surface area contributed by atoms with Crippen molar-refractivity contribution in [3.05, 3.63) is 42.2 Å². The van der Waals surface area contributed by atoms with Crippen LogP contribution in [0.1, 0.15) is 50.4 Å². The molecule has 1 atom stereocenters. The van der Waals surface area contributed by atoms with Crippen LogP contribution in [0.3, 0.4) is 0 Å². The van der Waals surface area contributed by atoms with Crippen LogP contribution in [0.2, 0.25) is 0 Å². The van der Waals surface area contributed by atoms with Crippen molar-refractivity contribution in [2.24, 2.45) is 0 Å². The van der Waals surface area contributed by atoms with E-state index < -0.39 is 0 Å². The van der Waals surface area contributed by atoms with E-state index in [1.165, 1.54) is 0 Å². The van der Waals surface area contributed by atoms with Gasteiger partial charge in [0.25, 0.3) is 0 Å². The SMILES string of the molecule is C[C@]1(c2ncc(CNC(=O)CCCn3cccn3)cn2)CCCCO1. The summed E-state index contributed by atoms with van der Waals surface area (Å²) < 4.78 is 7.69. The van der Waals surface area contributed by atoms with Crippen molar-refractivity contribution in [1.29, 1.82) is 0 Å². The second kappa shape index (κ2) is 8.20. The molecule has 25 heavy (non-hydrogen) atoms. The Morgan fingerprint density at radius 2 is 2.20 bits per heavy atom. The molecule has 0 saturated carbocycles. The average Bonchev–Trinajstić information content (AvgIpc) is 3.14. The van der Waals surface area contributed by atoms with Crippen molar-refractivity contribution in [3.8, 4) is 0 Å². The minimum atomic E-state index is -0.382. The summed E-state index contributed by atoms with van der Waals surface area (Å²) in [5.74, 6) is 0.750. The fourth-order valence-electron chi connectivity index (χ4n) is 2.95. The van der Waals surface area contributed by atoms with Gasteiger partial charge < -0.3 is 10.1 Å². The van der Waals surface area contributed by atoms with Crippen molar-refractivity contribution < 1.29 is 9.53 Å². The van der Waals surface area contributed by atoms with Crippen molar-refractivity contribution in [2.45, 2.75) is 57.7 Å². The molecular weight excluding hydrogens is 318 g/mol. The van der Waals surface area contributed by atoms with Crippen LogP contribution < -0.4 is 5.32 Å². The van der Waals surface area contributed by atoms with E-state index in [9.17, 15) is 4.79 Å². The Labute approximate surface area is 147 Å². The second-order valence-electron chi connectivity index (χ2n) is 6.60. The summed E-state index contributed by atoms with van der Waals surface area (Å²) in [6.45, 7) is 3.99. The molecule has 0 radical (unpaired) electrons. The van der Waals surface area contributed by atoms with Crippen LogP contribution in [0.4, 0.5) is 0 Å². The van der Waals surface area contributed by atoms with Crippen LogP contribution in [0, 0.1) is 0 Å². The molecule has 0 spiro atoms. The maximum absolute atomic E-state index is 11.9. The Kier molecular flexibility index (Phi) is 5.75. The fraction of sp³-hybridized carbons (Fsp3) is 0.556. The van der Waals surface area contributed by atoms with E-state index in [0.29, 0.717) is 13.0 Å². The van der Waals surface area contributed by atoms with Gasteiger partial charge >= 0.3 is 0 Å². The summed E-state index contributed by atoms with van der Waals surface area (Å²) in [5, 5.41) is 7.02. The first-order chi connectivity index (χ1) is 12.2. The largest absolute Gasteiger partial charge is 0.367 e. The molecule has 1 amide bonds. The van der Waals surface area contributed by atoms with Crippen LogP contribution >= 0.6 is 0 Å². The molecule has 0 unspecified atom stereocenters. The predicted molar refractivity (Wildman–Crippen MR) is 92.5 cm³/mol. The minimum absolute atomic E-state index is 0.0267. The lowest BCUT2D eigenvalue weighted by Crippen LogP contribution is -2.32. The van der Waals surface area contributed by atoms with E-state index in [-0.39, 0.29) is 11.5 Å². The van der Waals surface area contributed by atoms with E-state index in [0.717, 1.165) is 50.2 Å². The van der Waals surface area contributed by atoms with Crippen LogP contribution in [0.5, 0.6) is 0 Å². The molecule has 1 aliphatic heterocycles. The van der Waals surface area contributed by atoms with Gasteiger partial charge in [-0.25, -0.2) is 9.97 Å². The summed E-state index contributed by atoms with van der Waals surface area (Å²) in [4.78, 5) is 20.8. The number of amides is 1. The number of aromatic nitrogens is 4. The van der Waals surface area contributed by atoms with Crippen LogP contribution in [0.15, 0.2) is 30.9 Å². The molecule has 1 fully saturated rings. The third-order valence-electron chi connectivity index (χ3n) is 4.49. The van der Waals surface area contributed by atoms with Gasteiger partial charge in [0.2, 0.25) is 5.91 Å². The number of hydrogen-bond donors (Lipinski definition) is 1. The van der Waals surface area contributed by atoms with E-state index in [2.05, 4.69) is 20.4 Å². The van der Waals surface area contributed by atoms with Crippen molar-refractivity contribution >= 4 is 5.91 Å². The topological polar surface area (TPSA) is 81.9 Å². The highest BCUT2D eigenvalue weighted by Crippen LogP contribution is 2.32. The van der Waals surface area contributed by atoms with Gasteiger partial charge in [0.15, 0.2) is 5.82 Å². The second-order valence-corrected chi connectivity index (χ2v) is 6.60. The van der Waals surface area contributed by atoms with Gasteiger partial charge in [0, 0.05) is 56.5 Å². The molecule has 2 aromatic rings. The smallest absolute Gasteiger partial charge is 0.220 e. The quantitative estimate of drug-likeness (QED) is 0.833. The number of hydrogen-bond acceptors (Lipinski definition) is 5. The zero-order chi connectivity index (χ0) is 17.5. The molecule has 0 aromatic carbocycles. The zero-order valence-electron chi connectivity index (χ0n) is 14.6. The molecule has 1 aliphatic rings. The van der Waals surface area contributed by atoms with Crippen molar-refractivity contribution in [2.75, 3.05) is 6.61 Å². The summed E-state index contributed by atoms with van der Waals surface area (Å²) >= 11 is 0. The highest BCUT2D eigenvalue weighted by Gasteiger charge is 2.32. The van der Waals surface area contributed by atoms with E-state index in [4.69, 9.17) is 4.74 Å². The highest BCUT2D eigenvalue weighted by atomic mass is 16.5. The molecule has 7 heteroatoms. The Morgan fingerprint density at radius 3 is 2.88 bits per heavy atom. The Hall–Kier alpha value is -2.28. The third-order valence-corrected chi connectivity index (χ3v) is 4.49. The van der Waals surface area contributed by atoms with Crippen molar-refractivity contribution in [1.82, 2.24) is 25.1 Å². The number of nitrogens with one attached hydrogen (secondary N) is 1. The maximum atomic E-state index is 11.9. The van der Waals surface area contributed by atoms with Crippen molar-refractivity contribution in [3.63, 3.8) is 0 Å². The van der Waals surface area contributed by atoms with E-state index in [1.54, 1.807) is 18.6 Å². The molecular formula is C18H25N5O2. The van der Waals surface area contributed by atoms with Gasteiger partial charge in [-0.05, 0) is 38.7 Å². The number of nitrogens with zero attached hydrogens (tertiary/aromatic N) is 4. The number of carbonyl (C=O) groups is 1. The summed E-state index contributed by atoms with van der Waals surface area (Å²) in [6, 6.07) is 1.88. The number of ether oxygens (including phenoxy) is 1. The molecule has 2 aromatic heterocycles. The minimum Gasteiger partial charge on any atom is -0.367 e. The number of rotatable bonds is 7. The van der Waals surface area contributed by atoms with Gasteiger partial charge in [-0.3, -0.25) is 9.48 Å². The molecule has 0 aliphatic carbocycles. The van der Waals surface area contributed by atoms with E-state index in [1.807, 2.05) is 23.9 Å². The van der Waals surface area contributed by atoms with Crippen LogP contribution in [-0.2, 0) is 28.2 Å². The number of carbonyl (C=O) groups excluding carboxylic acids is 1. The fourth-order valence-corrected chi connectivity index (χ4v) is 2.95. The Balaban J connectivity index is 1.42. The molecule has 3 rings (SSSR count). The third kappa shape index (κ3) is 4.85. The first-order valence-corrected chi connectivity index (χ1v) is 8.85. The Bertz CT molecular complexity index is 663. The first-order valence-electron chi connectivity index (χ1n) is 8.85. The Morgan fingerprint density at radius 1 is 1.36 bits per heavy atom. The standard InChI is InChI=1S/C18H25N5O2/c1-18(7-2-3-11-25-18)17-20-13-15(14-21-17)12-19-16(24)6-4-9-23-10-5-8-22-23/h5,8,10,13-14H,2-4,6-7,9,11-12H2,1H3,(H,19,24)/t18-/m1/s1. The van der Waals surface area contributed by atoms with Crippen LogP contribution in [-0.4, -0.2) is 32.3 Å². The molecule has 0 bridgehead atoms. The highest BCUT2D eigenvalue weighted by molar-refractivity contribution is 5.75. The zero-order valence-corrected chi connectivity index (χ0v) is 14.6. The molecule has 7 nitrogen and oxygen atoms in total. The number of aryl methyl sites for hydroxylation is 1. The predicted octanol–water partition coefficient (Wildman–Crippen LogP) is 2.19. The lowest BCUT2D eigenvalue weighted by atomic mass is 9.95. The lowest BCUT2D eigenvalue weighted by molar-refractivity contribution is -0.121. The normalized spacial score (nSPS) is 20.4. The summed E-state index contributed by atoms with van der Waals surface area (Å²) in [7, 11) is 0. The summed E-state index contributed by atoms with van der Waals surface area (Å²) in [5.41, 5.74) is 0.510. The van der Waals surface area contributed by atoms with Gasteiger partial charge in [-0.1, -0.05) is 0 Å². The maximum Gasteiger partial charge on any atom is 0.220 e. The van der Waals surface area contributed by atoms with Gasteiger partial charge in [0.05, 0.1) is 0 Å². The van der Waals surface area contributed by atoms with Gasteiger partial charge in [-0.15, -0.1) is 0 Å². The van der Waals surface area contributed by atoms with E-state index >= 15 is 0 Å². The monoisotopic (exact) mass is 343 g/mol. The van der Waals surface area contributed by atoms with Gasteiger partial charge in [-0.2, -0.15) is 5.10 Å². The lowest BCUT2D eigenvalue weighted by Gasteiger charge is -2.32. The van der Waals surface area contributed by atoms with Crippen LogP contribution in [0.25, 0.3) is 0 Å². The molecule has 134 valence electrons.